The van der Waals surface area contributed by atoms with Gasteiger partial charge in [0.15, 0.2) is 11.5 Å². The van der Waals surface area contributed by atoms with Gasteiger partial charge in [-0.05, 0) is 18.1 Å². The van der Waals surface area contributed by atoms with Gasteiger partial charge in [-0.15, -0.1) is 10.2 Å². The molecule has 0 aromatic carbocycles. The van der Waals surface area contributed by atoms with Crippen molar-refractivity contribution in [3.63, 3.8) is 0 Å². The van der Waals surface area contributed by atoms with Gasteiger partial charge in [-0.1, -0.05) is 13.8 Å². The standard InChI is InChI=1S/C21H26FN7O/c1-14(2)12-29-6-4-21(22,5-7-29)20(30)26-18-9-15-8-16(10-23-17(15)11-24-18)19-27-25-13-28(19)3/h8-11,13-14H,4-7,12H2,1-3H3,(H,24,26,30). The van der Waals surface area contributed by atoms with Crippen LogP contribution in [0, 0.1) is 5.92 Å². The number of likely N-dealkylation sites (tertiary alicyclic amines) is 1. The van der Waals surface area contributed by atoms with Gasteiger partial charge in [0.1, 0.15) is 12.1 Å². The number of aromatic nitrogens is 5. The molecule has 4 heterocycles. The van der Waals surface area contributed by atoms with Gasteiger partial charge in [0.25, 0.3) is 5.91 Å². The molecule has 3 aromatic heterocycles. The highest BCUT2D eigenvalue weighted by Crippen LogP contribution is 2.29. The van der Waals surface area contributed by atoms with Crippen LogP contribution in [0.15, 0.2) is 30.9 Å². The lowest BCUT2D eigenvalue weighted by Crippen LogP contribution is -2.49. The van der Waals surface area contributed by atoms with Gasteiger partial charge in [-0.2, -0.15) is 0 Å². The zero-order chi connectivity index (χ0) is 21.3. The molecule has 0 aliphatic carbocycles. The van der Waals surface area contributed by atoms with Crippen molar-refractivity contribution in [1.82, 2.24) is 29.6 Å². The number of carbonyl (C=O) groups excluding carboxylic acids is 1. The Hall–Kier alpha value is -2.94. The molecule has 0 saturated carbocycles. The number of nitrogens with one attached hydrogen (secondary N) is 1. The fourth-order valence-electron chi connectivity index (χ4n) is 3.83. The van der Waals surface area contributed by atoms with Crippen molar-refractivity contribution in [1.29, 1.82) is 0 Å². The number of pyridine rings is 2. The first-order valence-electron chi connectivity index (χ1n) is 10.2. The molecule has 1 amide bonds. The summed E-state index contributed by atoms with van der Waals surface area (Å²) in [6.45, 7) is 6.36. The molecule has 1 aliphatic rings. The van der Waals surface area contributed by atoms with Gasteiger partial charge >= 0.3 is 0 Å². The van der Waals surface area contributed by atoms with E-state index >= 15 is 4.39 Å². The minimum absolute atomic E-state index is 0.191. The van der Waals surface area contributed by atoms with Crippen LogP contribution in [-0.2, 0) is 11.8 Å². The van der Waals surface area contributed by atoms with E-state index in [9.17, 15) is 4.79 Å². The van der Waals surface area contributed by atoms with Crippen molar-refractivity contribution in [2.24, 2.45) is 13.0 Å². The lowest BCUT2D eigenvalue weighted by molar-refractivity contribution is -0.130. The molecule has 1 fully saturated rings. The second kappa shape index (κ2) is 8.06. The van der Waals surface area contributed by atoms with E-state index in [1.54, 1.807) is 29.4 Å². The minimum atomic E-state index is -1.87. The molecule has 1 N–H and O–H groups in total. The molecule has 8 nitrogen and oxygen atoms in total. The Morgan fingerprint density at radius 3 is 2.67 bits per heavy atom. The van der Waals surface area contributed by atoms with Gasteiger partial charge in [-0.3, -0.25) is 9.78 Å². The average Bonchev–Trinajstić information content (AvgIpc) is 3.15. The number of hydrogen-bond donors (Lipinski definition) is 1. The van der Waals surface area contributed by atoms with E-state index in [0.29, 0.717) is 36.2 Å². The number of fused-ring (bicyclic) bond motifs is 1. The largest absolute Gasteiger partial charge is 0.317 e. The zero-order valence-electron chi connectivity index (χ0n) is 17.5. The number of piperidine rings is 1. The van der Waals surface area contributed by atoms with E-state index in [1.807, 2.05) is 13.1 Å². The monoisotopic (exact) mass is 411 g/mol. The first-order valence-corrected chi connectivity index (χ1v) is 10.2. The molecular formula is C21H26FN7O. The average molecular weight is 411 g/mol. The summed E-state index contributed by atoms with van der Waals surface area (Å²) in [5.74, 6) is 0.887. The summed E-state index contributed by atoms with van der Waals surface area (Å²) in [7, 11) is 1.85. The predicted molar refractivity (Wildman–Crippen MR) is 113 cm³/mol. The van der Waals surface area contributed by atoms with Crippen molar-refractivity contribution in [2.45, 2.75) is 32.4 Å². The highest BCUT2D eigenvalue weighted by atomic mass is 19.1. The number of nitrogens with zero attached hydrogens (tertiary/aromatic N) is 6. The molecule has 4 rings (SSSR count). The smallest absolute Gasteiger partial charge is 0.263 e. The molecule has 1 saturated heterocycles. The molecule has 0 radical (unpaired) electrons. The summed E-state index contributed by atoms with van der Waals surface area (Å²) < 4.78 is 17.1. The van der Waals surface area contributed by atoms with Gasteiger partial charge < -0.3 is 14.8 Å². The lowest BCUT2D eigenvalue weighted by Gasteiger charge is -2.36. The van der Waals surface area contributed by atoms with Crippen LogP contribution in [0.5, 0.6) is 0 Å². The van der Waals surface area contributed by atoms with Crippen LogP contribution in [0.3, 0.4) is 0 Å². The van der Waals surface area contributed by atoms with E-state index in [-0.39, 0.29) is 12.8 Å². The van der Waals surface area contributed by atoms with E-state index in [2.05, 4.69) is 44.2 Å². The molecule has 0 bridgehead atoms. The maximum Gasteiger partial charge on any atom is 0.263 e. The quantitative estimate of drug-likeness (QED) is 0.695. The Bertz CT molecular complexity index is 1060. The van der Waals surface area contributed by atoms with Gasteiger partial charge in [0, 0.05) is 56.7 Å². The van der Waals surface area contributed by atoms with Crippen molar-refractivity contribution in [3.05, 3.63) is 30.9 Å². The number of hydrogen-bond acceptors (Lipinski definition) is 6. The number of halogens is 1. The van der Waals surface area contributed by atoms with Crippen LogP contribution >= 0.6 is 0 Å². The number of amides is 1. The van der Waals surface area contributed by atoms with Crippen LogP contribution in [0.4, 0.5) is 10.2 Å². The fourth-order valence-corrected chi connectivity index (χ4v) is 3.83. The van der Waals surface area contributed by atoms with E-state index < -0.39 is 11.6 Å². The number of rotatable bonds is 5. The molecule has 0 unspecified atom stereocenters. The first kappa shape index (κ1) is 20.3. The van der Waals surface area contributed by atoms with Crippen LogP contribution in [0.25, 0.3) is 22.3 Å². The second-order valence-electron chi connectivity index (χ2n) is 8.37. The number of anilines is 1. The number of alkyl halides is 1. The maximum absolute atomic E-state index is 15.3. The Morgan fingerprint density at radius 2 is 2.00 bits per heavy atom. The normalized spacial score (nSPS) is 16.8. The van der Waals surface area contributed by atoms with Crippen molar-refractivity contribution in [2.75, 3.05) is 25.0 Å². The molecule has 0 atom stereocenters. The number of aryl methyl sites for hydroxylation is 1. The Kier molecular flexibility index (Phi) is 5.46. The summed E-state index contributed by atoms with van der Waals surface area (Å²) in [5.41, 5.74) is -0.399. The zero-order valence-corrected chi connectivity index (χ0v) is 17.5. The second-order valence-corrected chi connectivity index (χ2v) is 8.37. The number of carbonyl (C=O) groups is 1. The summed E-state index contributed by atoms with van der Waals surface area (Å²) in [4.78, 5) is 23.5. The molecule has 9 heteroatoms. The van der Waals surface area contributed by atoms with E-state index in [4.69, 9.17) is 0 Å². The Labute approximate surface area is 174 Å². The molecule has 158 valence electrons. The summed E-state index contributed by atoms with van der Waals surface area (Å²) in [6.07, 6.45) is 5.27. The summed E-state index contributed by atoms with van der Waals surface area (Å²) >= 11 is 0. The van der Waals surface area contributed by atoms with Gasteiger partial charge in [0.2, 0.25) is 0 Å². The third kappa shape index (κ3) is 4.16. The van der Waals surface area contributed by atoms with Crippen molar-refractivity contribution >= 4 is 22.6 Å². The summed E-state index contributed by atoms with van der Waals surface area (Å²) in [5, 5.41) is 11.4. The van der Waals surface area contributed by atoms with Crippen LogP contribution in [0.1, 0.15) is 26.7 Å². The van der Waals surface area contributed by atoms with Crippen LogP contribution in [-0.4, -0.2) is 60.8 Å². The van der Waals surface area contributed by atoms with Crippen molar-refractivity contribution in [3.8, 4) is 11.4 Å². The summed E-state index contributed by atoms with van der Waals surface area (Å²) in [6, 6.07) is 3.61. The lowest BCUT2D eigenvalue weighted by atomic mass is 9.92. The SMILES string of the molecule is CC(C)CN1CCC(F)(C(=O)Nc2cc3cc(-c4nncn4C)cnc3cn2)CC1. The van der Waals surface area contributed by atoms with Crippen LogP contribution in [0.2, 0.25) is 0 Å². The van der Waals surface area contributed by atoms with E-state index in [0.717, 1.165) is 17.5 Å². The van der Waals surface area contributed by atoms with Gasteiger partial charge in [-0.25, -0.2) is 9.37 Å². The van der Waals surface area contributed by atoms with Crippen LogP contribution < -0.4 is 5.32 Å². The molecular weight excluding hydrogens is 385 g/mol. The first-order chi connectivity index (χ1) is 14.3. The minimum Gasteiger partial charge on any atom is -0.317 e. The maximum atomic E-state index is 15.3. The fraction of sp³-hybridized carbons (Fsp3) is 0.476. The molecule has 1 aliphatic heterocycles. The Balaban J connectivity index is 1.49. The predicted octanol–water partition coefficient (Wildman–Crippen LogP) is 2.82. The Morgan fingerprint density at radius 1 is 1.23 bits per heavy atom. The molecule has 30 heavy (non-hydrogen) atoms. The molecule has 0 spiro atoms. The topological polar surface area (TPSA) is 88.8 Å². The molecule has 3 aromatic rings. The van der Waals surface area contributed by atoms with E-state index in [1.165, 1.54) is 0 Å². The highest BCUT2D eigenvalue weighted by Gasteiger charge is 2.41. The highest BCUT2D eigenvalue weighted by molar-refractivity contribution is 5.98. The third-order valence-corrected chi connectivity index (χ3v) is 5.46. The third-order valence-electron chi connectivity index (χ3n) is 5.46. The van der Waals surface area contributed by atoms with Gasteiger partial charge in [0.05, 0.1) is 11.7 Å². The van der Waals surface area contributed by atoms with Crippen molar-refractivity contribution < 1.29 is 9.18 Å².